The zero-order valence-corrected chi connectivity index (χ0v) is 9.17. The summed E-state index contributed by atoms with van der Waals surface area (Å²) in [5.41, 5.74) is 6.43. The number of hydrogen-bond donors (Lipinski definition) is 1. The Balaban J connectivity index is 2.69. The van der Waals surface area contributed by atoms with Crippen LogP contribution in [0.4, 0.5) is 0 Å². The van der Waals surface area contributed by atoms with Crippen molar-refractivity contribution >= 4 is 5.78 Å². The Hall–Kier alpha value is -0.830. The molecule has 0 bridgehead atoms. The van der Waals surface area contributed by atoms with Gasteiger partial charge in [0.2, 0.25) is 0 Å². The Morgan fingerprint density at radius 3 is 2.64 bits per heavy atom. The number of hydrogen-bond acceptors (Lipinski definition) is 3. The van der Waals surface area contributed by atoms with E-state index < -0.39 is 6.04 Å². The number of nitrogens with two attached hydrogens (primary N) is 1. The van der Waals surface area contributed by atoms with Gasteiger partial charge in [0.25, 0.3) is 0 Å². The predicted octanol–water partition coefficient (Wildman–Crippen LogP) is 1.62. The number of ether oxygens (including phenoxy) is 1. The highest BCUT2D eigenvalue weighted by atomic mass is 16.5. The summed E-state index contributed by atoms with van der Waals surface area (Å²) in [6.07, 6.45) is 3.27. The Morgan fingerprint density at radius 2 is 2.21 bits per heavy atom. The number of carbonyl (C=O) groups is 1. The molecule has 0 saturated heterocycles. The molecule has 0 fully saturated rings. The van der Waals surface area contributed by atoms with Gasteiger partial charge >= 0.3 is 0 Å². The third kappa shape index (κ3) is 2.58. The van der Waals surface area contributed by atoms with Crippen LogP contribution in [0.25, 0.3) is 0 Å². The van der Waals surface area contributed by atoms with E-state index in [2.05, 4.69) is 0 Å². The lowest BCUT2D eigenvalue weighted by molar-refractivity contribution is -0.119. The minimum atomic E-state index is -0.435. The lowest BCUT2D eigenvalue weighted by Gasteiger charge is -2.27. The average molecular weight is 197 g/mol. The summed E-state index contributed by atoms with van der Waals surface area (Å²) in [5, 5.41) is 0. The zero-order valence-electron chi connectivity index (χ0n) is 9.17. The Morgan fingerprint density at radius 1 is 1.57 bits per heavy atom. The molecular weight excluding hydrogens is 178 g/mol. The standard InChI is InChI=1S/C11H19NO2/c1-11(2,3)10(12)9(13)8-5-4-6-14-7-8/h7,10H,4-6,12H2,1-3H3. The van der Waals surface area contributed by atoms with Crippen molar-refractivity contribution < 1.29 is 9.53 Å². The van der Waals surface area contributed by atoms with Crippen molar-refractivity contribution in [2.75, 3.05) is 6.61 Å². The molecular formula is C11H19NO2. The van der Waals surface area contributed by atoms with Gasteiger partial charge in [0.15, 0.2) is 5.78 Å². The smallest absolute Gasteiger partial charge is 0.179 e. The Labute approximate surface area is 85.3 Å². The van der Waals surface area contributed by atoms with E-state index in [1.807, 2.05) is 20.8 Å². The molecule has 80 valence electrons. The molecule has 1 rings (SSSR count). The summed E-state index contributed by atoms with van der Waals surface area (Å²) >= 11 is 0. The van der Waals surface area contributed by atoms with Gasteiger partial charge in [0.1, 0.15) is 0 Å². The molecule has 0 radical (unpaired) electrons. The van der Waals surface area contributed by atoms with Crippen LogP contribution < -0.4 is 5.73 Å². The summed E-state index contributed by atoms with van der Waals surface area (Å²) in [4.78, 5) is 11.9. The summed E-state index contributed by atoms with van der Waals surface area (Å²) in [7, 11) is 0. The first-order valence-electron chi connectivity index (χ1n) is 5.03. The summed E-state index contributed by atoms with van der Waals surface area (Å²) < 4.78 is 5.13. The highest BCUT2D eigenvalue weighted by Gasteiger charge is 2.30. The van der Waals surface area contributed by atoms with Crippen molar-refractivity contribution in [3.05, 3.63) is 11.8 Å². The second-order valence-electron chi connectivity index (χ2n) is 4.83. The molecule has 0 aliphatic carbocycles. The molecule has 1 aliphatic rings. The van der Waals surface area contributed by atoms with Gasteiger partial charge in [-0.25, -0.2) is 0 Å². The molecule has 1 heterocycles. The first-order chi connectivity index (χ1) is 6.43. The molecule has 0 aromatic carbocycles. The molecule has 0 spiro atoms. The molecule has 14 heavy (non-hydrogen) atoms. The van der Waals surface area contributed by atoms with E-state index in [4.69, 9.17) is 10.5 Å². The third-order valence-electron chi connectivity index (χ3n) is 2.47. The van der Waals surface area contributed by atoms with Crippen LogP contribution in [-0.2, 0) is 9.53 Å². The molecule has 0 aromatic rings. The van der Waals surface area contributed by atoms with Gasteiger partial charge in [-0.05, 0) is 18.3 Å². The lowest BCUT2D eigenvalue weighted by atomic mass is 9.82. The van der Waals surface area contributed by atoms with E-state index in [1.165, 1.54) is 0 Å². The molecule has 1 atom stereocenters. The van der Waals surface area contributed by atoms with Crippen molar-refractivity contribution in [2.45, 2.75) is 39.7 Å². The Kier molecular flexibility index (Phi) is 3.32. The van der Waals surface area contributed by atoms with E-state index in [0.29, 0.717) is 6.61 Å². The highest BCUT2D eigenvalue weighted by molar-refractivity contribution is 5.99. The van der Waals surface area contributed by atoms with Crippen LogP contribution >= 0.6 is 0 Å². The van der Waals surface area contributed by atoms with Crippen LogP contribution in [0, 0.1) is 5.41 Å². The van der Waals surface area contributed by atoms with Crippen molar-refractivity contribution in [1.29, 1.82) is 0 Å². The van der Waals surface area contributed by atoms with Gasteiger partial charge in [-0.1, -0.05) is 20.8 Å². The minimum absolute atomic E-state index is 0.0252. The molecule has 0 aromatic heterocycles. The maximum absolute atomic E-state index is 11.9. The minimum Gasteiger partial charge on any atom is -0.501 e. The summed E-state index contributed by atoms with van der Waals surface area (Å²) in [6, 6.07) is -0.435. The normalized spacial score (nSPS) is 19.6. The molecule has 3 nitrogen and oxygen atoms in total. The lowest BCUT2D eigenvalue weighted by Crippen LogP contribution is -2.43. The molecule has 0 saturated carbocycles. The van der Waals surface area contributed by atoms with E-state index in [0.717, 1.165) is 18.4 Å². The monoisotopic (exact) mass is 197 g/mol. The fraction of sp³-hybridized carbons (Fsp3) is 0.727. The van der Waals surface area contributed by atoms with E-state index in [1.54, 1.807) is 6.26 Å². The van der Waals surface area contributed by atoms with Crippen LogP contribution in [0.3, 0.4) is 0 Å². The summed E-state index contributed by atoms with van der Waals surface area (Å²) in [5.74, 6) is 0.0252. The van der Waals surface area contributed by atoms with Gasteiger partial charge in [-0.2, -0.15) is 0 Å². The van der Waals surface area contributed by atoms with Crippen molar-refractivity contribution in [3.8, 4) is 0 Å². The van der Waals surface area contributed by atoms with Crippen LogP contribution in [0.5, 0.6) is 0 Å². The quantitative estimate of drug-likeness (QED) is 0.732. The zero-order chi connectivity index (χ0) is 10.8. The van der Waals surface area contributed by atoms with Gasteiger partial charge in [-0.3, -0.25) is 4.79 Å². The van der Waals surface area contributed by atoms with Crippen molar-refractivity contribution in [2.24, 2.45) is 11.1 Å². The van der Waals surface area contributed by atoms with E-state index >= 15 is 0 Å². The average Bonchev–Trinajstić information content (AvgIpc) is 2.15. The van der Waals surface area contributed by atoms with Crippen molar-refractivity contribution in [1.82, 2.24) is 0 Å². The van der Waals surface area contributed by atoms with Gasteiger partial charge in [0, 0.05) is 5.57 Å². The van der Waals surface area contributed by atoms with Crippen LogP contribution in [-0.4, -0.2) is 18.4 Å². The third-order valence-corrected chi connectivity index (χ3v) is 2.47. The second kappa shape index (κ2) is 4.13. The van der Waals surface area contributed by atoms with E-state index in [9.17, 15) is 4.79 Å². The number of rotatable bonds is 2. The topological polar surface area (TPSA) is 52.3 Å². The maximum Gasteiger partial charge on any atom is 0.179 e. The second-order valence-corrected chi connectivity index (χ2v) is 4.83. The first kappa shape index (κ1) is 11.2. The highest BCUT2D eigenvalue weighted by Crippen LogP contribution is 2.23. The Bertz CT molecular complexity index is 251. The molecule has 1 aliphatic heterocycles. The fourth-order valence-corrected chi connectivity index (χ4v) is 1.34. The fourth-order valence-electron chi connectivity index (χ4n) is 1.34. The number of Topliss-reactive ketones (excluding diaryl/α,β-unsaturated/α-hetero) is 1. The van der Waals surface area contributed by atoms with Gasteiger partial charge in [-0.15, -0.1) is 0 Å². The molecule has 3 heteroatoms. The molecule has 1 unspecified atom stereocenters. The SMILES string of the molecule is CC(C)(C)C(N)C(=O)C1=COCCC1. The number of carbonyl (C=O) groups excluding carboxylic acids is 1. The van der Waals surface area contributed by atoms with Crippen LogP contribution in [0.2, 0.25) is 0 Å². The van der Waals surface area contributed by atoms with Gasteiger partial charge in [0.05, 0.1) is 18.9 Å². The van der Waals surface area contributed by atoms with Gasteiger partial charge < -0.3 is 10.5 Å². The van der Waals surface area contributed by atoms with Crippen LogP contribution in [0.1, 0.15) is 33.6 Å². The predicted molar refractivity (Wildman–Crippen MR) is 55.7 cm³/mol. The first-order valence-corrected chi connectivity index (χ1v) is 5.03. The molecule has 2 N–H and O–H groups in total. The molecule has 0 amide bonds. The largest absolute Gasteiger partial charge is 0.501 e. The van der Waals surface area contributed by atoms with Crippen LogP contribution in [0.15, 0.2) is 11.8 Å². The van der Waals surface area contributed by atoms with E-state index in [-0.39, 0.29) is 11.2 Å². The maximum atomic E-state index is 11.9. The summed E-state index contributed by atoms with van der Waals surface area (Å²) in [6.45, 7) is 6.63. The van der Waals surface area contributed by atoms with Crippen molar-refractivity contribution in [3.63, 3.8) is 0 Å². The number of ketones is 1.